The molecule has 8 nitrogen and oxygen atoms in total. The van der Waals surface area contributed by atoms with E-state index >= 15 is 0 Å². The summed E-state index contributed by atoms with van der Waals surface area (Å²) in [6, 6.07) is 17.2. The summed E-state index contributed by atoms with van der Waals surface area (Å²) in [4.78, 5) is 9.16. The lowest BCUT2D eigenvalue weighted by Gasteiger charge is -2.05. The van der Waals surface area contributed by atoms with Crippen molar-refractivity contribution in [3.05, 3.63) is 78.3 Å². The lowest BCUT2D eigenvalue weighted by molar-refractivity contribution is 0.559. The quantitative estimate of drug-likeness (QED) is 0.433. The van der Waals surface area contributed by atoms with Crippen LogP contribution in [0.25, 0.3) is 22.2 Å². The molecule has 3 heterocycles. The Morgan fingerprint density at radius 2 is 1.71 bits per heavy atom. The van der Waals surface area contributed by atoms with Crippen LogP contribution in [0.15, 0.2) is 86.2 Å². The molecule has 0 saturated heterocycles. The van der Waals surface area contributed by atoms with Crippen LogP contribution in [0.1, 0.15) is 11.3 Å². The summed E-state index contributed by atoms with van der Waals surface area (Å²) >= 11 is 0. The Hall–Kier alpha value is -3.98. The molecule has 5 aromatic rings. The van der Waals surface area contributed by atoms with E-state index in [-0.39, 0.29) is 26.8 Å². The third-order valence-corrected chi connectivity index (χ3v) is 6.71. The fraction of sp³-hybridized carbons (Fsp3) is 0.0455. The highest BCUT2D eigenvalue weighted by atomic mass is 32.2. The highest BCUT2D eigenvalue weighted by molar-refractivity contribution is 7.92. The van der Waals surface area contributed by atoms with Crippen molar-refractivity contribution in [3.8, 4) is 0 Å². The third-order valence-electron chi connectivity index (χ3n) is 4.87. The van der Waals surface area contributed by atoms with Gasteiger partial charge < -0.3 is 10.2 Å². The minimum Gasteiger partial charge on any atom is -0.463 e. The molecular weight excluding hydrogens is 414 g/mol. The number of benzene rings is 2. The molecule has 31 heavy (non-hydrogen) atoms. The predicted molar refractivity (Wildman–Crippen MR) is 118 cm³/mol. The molecule has 9 heteroatoms. The molecule has 0 fully saturated rings. The zero-order valence-electron chi connectivity index (χ0n) is 16.4. The van der Waals surface area contributed by atoms with E-state index in [2.05, 4.69) is 15.1 Å². The number of hydrogen-bond donors (Lipinski definition) is 1. The van der Waals surface area contributed by atoms with Gasteiger partial charge >= 0.3 is 0 Å². The first-order valence-corrected chi connectivity index (χ1v) is 10.9. The van der Waals surface area contributed by atoms with Gasteiger partial charge in [-0.1, -0.05) is 29.8 Å². The third kappa shape index (κ3) is 3.15. The highest BCUT2D eigenvalue weighted by Gasteiger charge is 2.30. The van der Waals surface area contributed by atoms with Crippen molar-refractivity contribution in [2.75, 3.05) is 5.73 Å². The minimum atomic E-state index is -3.98. The van der Waals surface area contributed by atoms with Crippen LogP contribution in [0.3, 0.4) is 0 Å². The largest absolute Gasteiger partial charge is 0.463 e. The van der Waals surface area contributed by atoms with Gasteiger partial charge in [0.1, 0.15) is 22.0 Å². The molecule has 0 unspecified atom stereocenters. The average Bonchev–Trinajstić information content (AvgIpc) is 3.36. The number of rotatable bonds is 4. The van der Waals surface area contributed by atoms with E-state index in [1.165, 1.54) is 17.2 Å². The number of aromatic nitrogens is 3. The van der Waals surface area contributed by atoms with E-state index in [0.29, 0.717) is 16.8 Å². The molecule has 0 aliphatic heterocycles. The second-order valence-electron chi connectivity index (χ2n) is 6.99. The van der Waals surface area contributed by atoms with E-state index in [9.17, 15) is 8.42 Å². The second-order valence-corrected chi connectivity index (χ2v) is 8.87. The predicted octanol–water partition coefficient (Wildman–Crippen LogP) is 3.78. The number of nitrogens with two attached hydrogens (primary N) is 1. The van der Waals surface area contributed by atoms with Gasteiger partial charge in [0.15, 0.2) is 5.65 Å². The first-order chi connectivity index (χ1) is 14.9. The van der Waals surface area contributed by atoms with Crippen LogP contribution in [0, 0.1) is 6.92 Å². The lowest BCUT2D eigenvalue weighted by atomic mass is 10.2. The maximum Gasteiger partial charge on any atom is 0.212 e. The Bertz CT molecular complexity index is 1550. The van der Waals surface area contributed by atoms with Crippen molar-refractivity contribution in [1.29, 1.82) is 0 Å². The molecule has 0 atom stereocenters. The first kappa shape index (κ1) is 19.0. The van der Waals surface area contributed by atoms with Crippen molar-refractivity contribution < 1.29 is 12.8 Å². The van der Waals surface area contributed by atoms with Gasteiger partial charge in [-0.15, -0.1) is 0 Å². The minimum absolute atomic E-state index is 0.0753. The number of nitrogen functional groups attached to an aromatic ring is 1. The number of para-hydroxylation sites is 2. The van der Waals surface area contributed by atoms with Crippen molar-refractivity contribution >= 4 is 44.1 Å². The summed E-state index contributed by atoms with van der Waals surface area (Å²) in [7, 11) is -3.98. The van der Waals surface area contributed by atoms with Gasteiger partial charge in [-0.25, -0.2) is 18.4 Å². The molecule has 0 aliphatic carbocycles. The van der Waals surface area contributed by atoms with Crippen molar-refractivity contribution in [1.82, 2.24) is 14.6 Å². The summed E-state index contributed by atoms with van der Waals surface area (Å²) in [6.45, 7) is 1.89. The lowest BCUT2D eigenvalue weighted by Crippen LogP contribution is -2.06. The van der Waals surface area contributed by atoms with Gasteiger partial charge in [0.05, 0.1) is 28.4 Å². The van der Waals surface area contributed by atoms with E-state index < -0.39 is 9.84 Å². The summed E-state index contributed by atoms with van der Waals surface area (Å²) in [6.07, 6.45) is 2.95. The molecule has 0 saturated carbocycles. The summed E-state index contributed by atoms with van der Waals surface area (Å²) in [5, 5.41) is 4.33. The number of sulfone groups is 1. The zero-order chi connectivity index (χ0) is 21.6. The second kappa shape index (κ2) is 7.06. The molecule has 0 radical (unpaired) electrons. The van der Waals surface area contributed by atoms with Gasteiger partial charge in [-0.3, -0.25) is 0 Å². The number of anilines is 1. The zero-order valence-corrected chi connectivity index (χ0v) is 17.2. The molecule has 0 amide bonds. The van der Waals surface area contributed by atoms with Crippen LogP contribution in [0.2, 0.25) is 0 Å². The Morgan fingerprint density at radius 3 is 2.39 bits per heavy atom. The summed E-state index contributed by atoms with van der Waals surface area (Å²) < 4.78 is 33.6. The van der Waals surface area contributed by atoms with Gasteiger partial charge in [0, 0.05) is 0 Å². The van der Waals surface area contributed by atoms with Crippen LogP contribution in [0.4, 0.5) is 5.82 Å². The summed E-state index contributed by atoms with van der Waals surface area (Å²) in [5.41, 5.74) is 8.84. The summed E-state index contributed by atoms with van der Waals surface area (Å²) in [5.74, 6) is 0.409. The molecule has 2 aromatic carbocycles. The standard InChI is InChI=1S/C22H17N5O3S/c1-14-8-10-16(11-9-14)31(28,29)20-19-22(26-18-7-3-2-6-17(18)25-19)27(21(20)23)24-13-15-5-4-12-30-15/h2-13H,23H2,1H3/b24-13-. The number of fused-ring (bicyclic) bond motifs is 2. The van der Waals surface area contributed by atoms with Crippen LogP contribution < -0.4 is 5.73 Å². The van der Waals surface area contributed by atoms with Crippen LogP contribution in [-0.2, 0) is 9.84 Å². The Kier molecular flexibility index (Phi) is 4.33. The molecule has 0 spiro atoms. The van der Waals surface area contributed by atoms with Crippen LogP contribution in [0.5, 0.6) is 0 Å². The molecule has 0 aliphatic rings. The number of furan rings is 1. The van der Waals surface area contributed by atoms with Gasteiger partial charge in [0.25, 0.3) is 0 Å². The fourth-order valence-electron chi connectivity index (χ4n) is 3.32. The van der Waals surface area contributed by atoms with Gasteiger partial charge in [0.2, 0.25) is 9.84 Å². The Labute approximate surface area is 177 Å². The van der Waals surface area contributed by atoms with Crippen LogP contribution >= 0.6 is 0 Å². The Morgan fingerprint density at radius 1 is 1.00 bits per heavy atom. The van der Waals surface area contributed by atoms with Crippen LogP contribution in [-0.4, -0.2) is 29.3 Å². The maximum absolute atomic E-state index is 13.5. The van der Waals surface area contributed by atoms with Gasteiger partial charge in [-0.05, 0) is 43.3 Å². The molecule has 2 N–H and O–H groups in total. The SMILES string of the molecule is Cc1ccc(S(=O)(=O)c2c(N)n(/N=C\c3ccco3)c3nc4ccccc4nc23)cc1. The molecule has 0 bridgehead atoms. The fourth-order valence-corrected chi connectivity index (χ4v) is 4.80. The molecule has 5 rings (SSSR count). The highest BCUT2D eigenvalue weighted by Crippen LogP contribution is 2.35. The molecular formula is C22H17N5O3S. The Balaban J connectivity index is 1.82. The monoisotopic (exact) mass is 431 g/mol. The van der Waals surface area contributed by atoms with Crippen molar-refractivity contribution in [2.24, 2.45) is 5.10 Å². The normalized spacial score (nSPS) is 12.3. The van der Waals surface area contributed by atoms with Gasteiger partial charge in [-0.2, -0.15) is 9.78 Å². The number of nitrogens with zero attached hydrogens (tertiary/aromatic N) is 4. The van der Waals surface area contributed by atoms with Crippen molar-refractivity contribution in [2.45, 2.75) is 16.7 Å². The number of hydrogen-bond acceptors (Lipinski definition) is 7. The van der Waals surface area contributed by atoms with E-state index in [0.717, 1.165) is 5.56 Å². The molecule has 3 aromatic heterocycles. The van der Waals surface area contributed by atoms with E-state index in [1.807, 2.05) is 19.1 Å². The van der Waals surface area contributed by atoms with Crippen molar-refractivity contribution in [3.63, 3.8) is 0 Å². The average molecular weight is 431 g/mol. The topological polar surface area (TPSA) is 116 Å². The first-order valence-electron chi connectivity index (χ1n) is 9.41. The smallest absolute Gasteiger partial charge is 0.212 e. The van der Waals surface area contributed by atoms with E-state index in [1.54, 1.807) is 48.5 Å². The molecule has 154 valence electrons. The van der Waals surface area contributed by atoms with E-state index in [4.69, 9.17) is 10.2 Å². The number of aryl methyl sites for hydroxylation is 1. The maximum atomic E-state index is 13.5.